The van der Waals surface area contributed by atoms with Crippen molar-refractivity contribution in [1.29, 1.82) is 0 Å². The molecule has 2 aromatic rings. The minimum absolute atomic E-state index is 0.0449. The highest BCUT2D eigenvalue weighted by molar-refractivity contribution is 6.31. The summed E-state index contributed by atoms with van der Waals surface area (Å²) in [6.45, 7) is 3.09. The Hall–Kier alpha value is -2.41. The molecule has 1 aromatic heterocycles. The van der Waals surface area contributed by atoms with Gasteiger partial charge in [-0.1, -0.05) is 17.7 Å². The van der Waals surface area contributed by atoms with Crippen LogP contribution in [0.25, 0.3) is 0 Å². The Morgan fingerprint density at radius 2 is 2.08 bits per heavy atom. The summed E-state index contributed by atoms with van der Waals surface area (Å²) in [6, 6.07) is 4.13. The van der Waals surface area contributed by atoms with Crippen LogP contribution in [0, 0.1) is 19.7 Å². The van der Waals surface area contributed by atoms with Gasteiger partial charge < -0.3 is 10.1 Å². The van der Waals surface area contributed by atoms with Crippen LogP contribution in [-0.2, 0) is 27.8 Å². The maximum absolute atomic E-state index is 13.6. The van der Waals surface area contributed by atoms with E-state index in [-0.39, 0.29) is 17.0 Å². The minimum atomic E-state index is -0.739. The molecule has 0 unspecified atom stereocenters. The molecule has 6 nitrogen and oxygen atoms in total. The van der Waals surface area contributed by atoms with E-state index in [1.165, 1.54) is 18.2 Å². The van der Waals surface area contributed by atoms with Crippen LogP contribution in [0.3, 0.4) is 0 Å². The van der Waals surface area contributed by atoms with Crippen molar-refractivity contribution in [3.8, 4) is 0 Å². The number of rotatable bonds is 5. The highest BCUT2D eigenvalue weighted by atomic mass is 35.5. The van der Waals surface area contributed by atoms with Gasteiger partial charge in [-0.3, -0.25) is 14.3 Å². The Bertz CT molecular complexity index is 769. The topological polar surface area (TPSA) is 73.2 Å². The molecule has 1 amide bonds. The third kappa shape index (κ3) is 4.11. The lowest BCUT2D eigenvalue weighted by atomic mass is 10.1. The van der Waals surface area contributed by atoms with Gasteiger partial charge in [0.05, 0.1) is 23.5 Å². The number of carbonyl (C=O) groups excluding carboxylic acids is 2. The first-order valence-corrected chi connectivity index (χ1v) is 7.56. The third-order valence-corrected chi connectivity index (χ3v) is 3.87. The molecule has 0 aliphatic rings. The molecule has 0 saturated heterocycles. The maximum atomic E-state index is 13.6. The molecule has 128 valence electrons. The lowest BCUT2D eigenvalue weighted by Gasteiger charge is -2.08. The fraction of sp³-hybridized carbons (Fsp3) is 0.312. The van der Waals surface area contributed by atoms with Crippen LogP contribution in [0.15, 0.2) is 18.2 Å². The van der Waals surface area contributed by atoms with Crippen LogP contribution in [0.2, 0.25) is 5.02 Å². The molecule has 0 bridgehead atoms. The second-order valence-electron chi connectivity index (χ2n) is 5.26. The molecule has 1 N–H and O–H groups in total. The average molecular weight is 354 g/mol. The second kappa shape index (κ2) is 7.44. The summed E-state index contributed by atoms with van der Waals surface area (Å²) < 4.78 is 20.1. The van der Waals surface area contributed by atoms with Crippen molar-refractivity contribution in [1.82, 2.24) is 9.78 Å². The van der Waals surface area contributed by atoms with Crippen molar-refractivity contribution in [3.63, 3.8) is 0 Å². The second-order valence-corrected chi connectivity index (χ2v) is 5.66. The maximum Gasteiger partial charge on any atom is 0.310 e. The summed E-state index contributed by atoms with van der Waals surface area (Å²) in [5, 5.41) is 6.95. The van der Waals surface area contributed by atoms with E-state index in [2.05, 4.69) is 10.4 Å². The standard InChI is InChI=1S/C16H17ClFN3O3/c1-9-16(10(2)21(3)20-9)19-14(22)8-24-15(23)7-11-12(17)5-4-6-13(11)18/h4-6H,7-8H2,1-3H3,(H,19,22). The minimum Gasteiger partial charge on any atom is -0.455 e. The molecule has 24 heavy (non-hydrogen) atoms. The number of ether oxygens (including phenoxy) is 1. The third-order valence-electron chi connectivity index (χ3n) is 3.52. The van der Waals surface area contributed by atoms with Crippen molar-refractivity contribution in [2.24, 2.45) is 7.05 Å². The Morgan fingerprint density at radius 1 is 1.38 bits per heavy atom. The van der Waals surface area contributed by atoms with Gasteiger partial charge in [-0.15, -0.1) is 0 Å². The first-order valence-electron chi connectivity index (χ1n) is 7.18. The van der Waals surface area contributed by atoms with Crippen molar-refractivity contribution in [2.45, 2.75) is 20.3 Å². The van der Waals surface area contributed by atoms with Gasteiger partial charge in [-0.2, -0.15) is 5.10 Å². The van der Waals surface area contributed by atoms with Gasteiger partial charge in [-0.05, 0) is 26.0 Å². The zero-order chi connectivity index (χ0) is 17.9. The van der Waals surface area contributed by atoms with E-state index in [9.17, 15) is 14.0 Å². The van der Waals surface area contributed by atoms with Crippen molar-refractivity contribution in [3.05, 3.63) is 46.0 Å². The van der Waals surface area contributed by atoms with E-state index in [0.717, 1.165) is 5.69 Å². The number of hydrogen-bond acceptors (Lipinski definition) is 4. The average Bonchev–Trinajstić information content (AvgIpc) is 2.75. The number of esters is 1. The van der Waals surface area contributed by atoms with E-state index >= 15 is 0 Å². The molecule has 0 atom stereocenters. The number of anilines is 1. The van der Waals surface area contributed by atoms with E-state index in [4.69, 9.17) is 16.3 Å². The van der Waals surface area contributed by atoms with Crippen molar-refractivity contribution in [2.75, 3.05) is 11.9 Å². The number of aryl methyl sites for hydroxylation is 2. The number of nitrogens with one attached hydrogen (secondary N) is 1. The number of amides is 1. The molecule has 1 aromatic carbocycles. The zero-order valence-electron chi connectivity index (χ0n) is 13.5. The summed E-state index contributed by atoms with van der Waals surface area (Å²) in [5.41, 5.74) is 2.07. The first kappa shape index (κ1) is 17.9. The molecule has 0 spiro atoms. The molecule has 0 aliphatic carbocycles. The van der Waals surface area contributed by atoms with E-state index < -0.39 is 24.3 Å². The van der Waals surface area contributed by atoms with Gasteiger partial charge in [0, 0.05) is 17.6 Å². The fourth-order valence-electron chi connectivity index (χ4n) is 2.17. The highest BCUT2D eigenvalue weighted by Gasteiger charge is 2.16. The van der Waals surface area contributed by atoms with Gasteiger partial charge >= 0.3 is 5.97 Å². The number of aromatic nitrogens is 2. The van der Waals surface area contributed by atoms with Gasteiger partial charge in [0.1, 0.15) is 5.82 Å². The lowest BCUT2D eigenvalue weighted by Crippen LogP contribution is -2.22. The molecule has 0 saturated carbocycles. The molecule has 0 radical (unpaired) electrons. The molecule has 0 aliphatic heterocycles. The Labute approximate surface area is 143 Å². The molecule has 0 fully saturated rings. The van der Waals surface area contributed by atoms with Crippen molar-refractivity contribution < 1.29 is 18.7 Å². The first-order chi connectivity index (χ1) is 11.3. The lowest BCUT2D eigenvalue weighted by molar-refractivity contribution is -0.146. The van der Waals surface area contributed by atoms with Gasteiger partial charge in [0.25, 0.3) is 5.91 Å². The number of hydrogen-bond donors (Lipinski definition) is 1. The van der Waals surface area contributed by atoms with E-state index in [0.29, 0.717) is 11.4 Å². The van der Waals surface area contributed by atoms with Crippen LogP contribution in [0.4, 0.5) is 10.1 Å². The van der Waals surface area contributed by atoms with Crippen LogP contribution in [0.1, 0.15) is 17.0 Å². The van der Waals surface area contributed by atoms with Crippen LogP contribution < -0.4 is 5.32 Å². The van der Waals surface area contributed by atoms with Crippen molar-refractivity contribution >= 4 is 29.2 Å². The summed E-state index contributed by atoms with van der Waals surface area (Å²) in [5.74, 6) is -1.83. The summed E-state index contributed by atoms with van der Waals surface area (Å²) in [4.78, 5) is 23.7. The Morgan fingerprint density at radius 3 is 2.67 bits per heavy atom. The quantitative estimate of drug-likeness (QED) is 0.838. The SMILES string of the molecule is Cc1nn(C)c(C)c1NC(=O)COC(=O)Cc1c(F)cccc1Cl. The Balaban J connectivity index is 1.91. The van der Waals surface area contributed by atoms with E-state index in [1.807, 2.05) is 6.92 Å². The number of benzene rings is 1. The monoisotopic (exact) mass is 353 g/mol. The molecular weight excluding hydrogens is 337 g/mol. The van der Waals surface area contributed by atoms with Gasteiger partial charge in [0.15, 0.2) is 6.61 Å². The molecule has 1 heterocycles. The van der Waals surface area contributed by atoms with Crippen LogP contribution in [-0.4, -0.2) is 28.3 Å². The summed E-state index contributed by atoms with van der Waals surface area (Å²) >= 11 is 5.84. The zero-order valence-corrected chi connectivity index (χ0v) is 14.3. The largest absolute Gasteiger partial charge is 0.455 e. The Kier molecular flexibility index (Phi) is 5.56. The molecule has 2 rings (SSSR count). The normalized spacial score (nSPS) is 10.5. The predicted molar refractivity (Wildman–Crippen MR) is 87.4 cm³/mol. The summed E-state index contributed by atoms with van der Waals surface area (Å²) in [6.07, 6.45) is -0.344. The predicted octanol–water partition coefficient (Wildman–Crippen LogP) is 2.55. The smallest absolute Gasteiger partial charge is 0.310 e. The summed E-state index contributed by atoms with van der Waals surface area (Å²) in [7, 11) is 1.76. The van der Waals surface area contributed by atoms with Crippen LogP contribution >= 0.6 is 11.6 Å². The molecule has 8 heteroatoms. The number of nitrogens with zero attached hydrogens (tertiary/aromatic N) is 2. The number of halogens is 2. The highest BCUT2D eigenvalue weighted by Crippen LogP contribution is 2.20. The number of carbonyl (C=O) groups is 2. The molecular formula is C16H17ClFN3O3. The van der Waals surface area contributed by atoms with Crippen LogP contribution in [0.5, 0.6) is 0 Å². The van der Waals surface area contributed by atoms with E-state index in [1.54, 1.807) is 18.7 Å². The fourth-order valence-corrected chi connectivity index (χ4v) is 2.40. The van der Waals surface area contributed by atoms with Gasteiger partial charge in [0.2, 0.25) is 0 Å². The van der Waals surface area contributed by atoms with Gasteiger partial charge in [-0.25, -0.2) is 4.39 Å².